The molecule has 36 heavy (non-hydrogen) atoms. The largest absolute Gasteiger partial charge is 0.459 e. The van der Waals surface area contributed by atoms with Crippen LogP contribution in [0, 0.1) is 5.92 Å². The van der Waals surface area contributed by atoms with Crippen LogP contribution in [0.2, 0.25) is 0 Å². The van der Waals surface area contributed by atoms with Crippen molar-refractivity contribution in [2.24, 2.45) is 5.92 Å². The number of hydrogen-bond donors (Lipinski definition) is 1. The Morgan fingerprint density at radius 3 is 2.58 bits per heavy atom. The van der Waals surface area contributed by atoms with Crippen molar-refractivity contribution in [2.45, 2.75) is 37.9 Å². The van der Waals surface area contributed by atoms with E-state index >= 15 is 0 Å². The fourth-order valence-electron chi connectivity index (χ4n) is 5.69. The molecule has 0 aliphatic carbocycles. The van der Waals surface area contributed by atoms with Gasteiger partial charge < -0.3 is 24.4 Å². The minimum absolute atomic E-state index is 0.183. The third-order valence-corrected chi connectivity index (χ3v) is 7.57. The lowest BCUT2D eigenvalue weighted by Gasteiger charge is -2.49. The van der Waals surface area contributed by atoms with Crippen LogP contribution in [0.1, 0.15) is 40.9 Å². The molecule has 1 aromatic heterocycles. The number of alkyl halides is 3. The molecule has 1 aromatic carbocycles. The van der Waals surface area contributed by atoms with Gasteiger partial charge in [0.1, 0.15) is 0 Å². The molecule has 3 aliphatic rings. The number of furan rings is 1. The third-order valence-electron chi connectivity index (χ3n) is 7.57. The number of carbonyl (C=O) groups is 2. The van der Waals surface area contributed by atoms with Crippen LogP contribution in [0.4, 0.5) is 18.9 Å². The number of anilines is 1. The summed E-state index contributed by atoms with van der Waals surface area (Å²) < 4.78 is 45.5. The molecule has 2 aromatic rings. The van der Waals surface area contributed by atoms with Crippen molar-refractivity contribution in [3.63, 3.8) is 0 Å². The van der Waals surface area contributed by atoms with E-state index in [1.165, 1.54) is 24.8 Å². The molecular weight excluding hydrogens is 473 g/mol. The summed E-state index contributed by atoms with van der Waals surface area (Å²) >= 11 is 0. The number of nitrogens with one attached hydrogen (secondary N) is 1. The fraction of sp³-hybridized carbons (Fsp3) is 0.538. The summed E-state index contributed by atoms with van der Waals surface area (Å²) in [6.45, 7) is 4.40. The third kappa shape index (κ3) is 5.09. The SMILES string of the molecule is O=C(NCCN1CCCCC1)[C@H]1Cc2cc(C(F)(F)F)ccc2N2CCN(C(=O)c3ccco3)C[C@H]12. The Balaban J connectivity index is 1.36. The Hall–Kier alpha value is -3.01. The first kappa shape index (κ1) is 24.7. The van der Waals surface area contributed by atoms with Crippen molar-refractivity contribution >= 4 is 17.5 Å². The van der Waals surface area contributed by atoms with Crippen LogP contribution in [-0.4, -0.2) is 73.5 Å². The zero-order chi connectivity index (χ0) is 25.3. The average Bonchev–Trinajstić information content (AvgIpc) is 3.42. The van der Waals surface area contributed by atoms with E-state index in [9.17, 15) is 22.8 Å². The van der Waals surface area contributed by atoms with Crippen molar-refractivity contribution in [2.75, 3.05) is 50.7 Å². The Bertz CT molecular complexity index is 1080. The topological polar surface area (TPSA) is 69.0 Å². The first-order chi connectivity index (χ1) is 17.3. The molecule has 0 unspecified atom stereocenters. The van der Waals surface area contributed by atoms with Gasteiger partial charge in [0.2, 0.25) is 5.91 Å². The van der Waals surface area contributed by atoms with Gasteiger partial charge >= 0.3 is 6.18 Å². The lowest BCUT2D eigenvalue weighted by Crippen LogP contribution is -2.62. The molecule has 2 fully saturated rings. The van der Waals surface area contributed by atoms with E-state index < -0.39 is 17.7 Å². The Kier molecular flexibility index (Phi) is 6.96. The lowest BCUT2D eigenvalue weighted by molar-refractivity contribution is -0.137. The van der Waals surface area contributed by atoms with Gasteiger partial charge in [-0.1, -0.05) is 6.42 Å². The smallest absolute Gasteiger partial charge is 0.416 e. The van der Waals surface area contributed by atoms with Crippen LogP contribution in [0.15, 0.2) is 41.0 Å². The normalized spacial score (nSPS) is 22.6. The second-order valence-corrected chi connectivity index (χ2v) is 9.83. The highest BCUT2D eigenvalue weighted by Crippen LogP contribution is 2.40. The van der Waals surface area contributed by atoms with Crippen molar-refractivity contribution in [3.05, 3.63) is 53.5 Å². The minimum atomic E-state index is -4.45. The molecule has 7 nitrogen and oxygen atoms in total. The molecule has 5 rings (SSSR count). The number of carbonyl (C=O) groups excluding carboxylic acids is 2. The van der Waals surface area contributed by atoms with Crippen molar-refractivity contribution in [1.82, 2.24) is 15.1 Å². The Morgan fingerprint density at radius 1 is 1.06 bits per heavy atom. The summed E-state index contributed by atoms with van der Waals surface area (Å²) in [4.78, 5) is 32.3. The van der Waals surface area contributed by atoms with Crippen molar-refractivity contribution in [3.8, 4) is 0 Å². The van der Waals surface area contributed by atoms with Crippen molar-refractivity contribution in [1.29, 1.82) is 0 Å². The summed E-state index contributed by atoms with van der Waals surface area (Å²) in [5, 5.41) is 3.03. The maximum Gasteiger partial charge on any atom is 0.416 e. The molecular formula is C26H31F3N4O3. The van der Waals surface area contributed by atoms with E-state index in [1.807, 2.05) is 4.90 Å². The molecule has 194 valence electrons. The molecule has 1 N–H and O–H groups in total. The van der Waals surface area contributed by atoms with Gasteiger partial charge in [-0.15, -0.1) is 0 Å². The van der Waals surface area contributed by atoms with Gasteiger partial charge in [0, 0.05) is 38.4 Å². The summed E-state index contributed by atoms with van der Waals surface area (Å²) in [6, 6.07) is 6.68. The van der Waals surface area contributed by atoms with Crippen molar-refractivity contribution < 1.29 is 27.2 Å². The van der Waals surface area contributed by atoms with Gasteiger partial charge in [-0.2, -0.15) is 13.2 Å². The molecule has 0 bridgehead atoms. The Morgan fingerprint density at radius 2 is 1.86 bits per heavy atom. The maximum absolute atomic E-state index is 13.4. The maximum atomic E-state index is 13.4. The van der Waals surface area contributed by atoms with E-state index in [2.05, 4.69) is 10.2 Å². The molecule has 2 saturated heterocycles. The number of hydrogen-bond acceptors (Lipinski definition) is 5. The van der Waals surface area contributed by atoms with Gasteiger partial charge in [0.15, 0.2) is 5.76 Å². The molecule has 0 radical (unpaired) electrons. The van der Waals surface area contributed by atoms with Gasteiger partial charge in [-0.3, -0.25) is 9.59 Å². The molecule has 0 spiro atoms. The molecule has 10 heteroatoms. The van der Waals surface area contributed by atoms with Crippen LogP contribution in [0.5, 0.6) is 0 Å². The number of piperazine rings is 1. The summed E-state index contributed by atoms with van der Waals surface area (Å²) in [5.74, 6) is -0.772. The number of piperidine rings is 1. The van der Waals surface area contributed by atoms with Gasteiger partial charge in [-0.05, 0) is 68.2 Å². The number of amides is 2. The highest BCUT2D eigenvalue weighted by molar-refractivity contribution is 5.92. The monoisotopic (exact) mass is 504 g/mol. The number of rotatable bonds is 5. The first-order valence-electron chi connectivity index (χ1n) is 12.6. The number of benzene rings is 1. The van der Waals surface area contributed by atoms with Gasteiger partial charge in [-0.25, -0.2) is 0 Å². The van der Waals surface area contributed by atoms with E-state index in [0.29, 0.717) is 37.4 Å². The van der Waals surface area contributed by atoms with E-state index in [4.69, 9.17) is 4.42 Å². The second-order valence-electron chi connectivity index (χ2n) is 9.83. The standard InChI is InChI=1S/C26H31F3N4O3/c27-26(28,29)19-6-7-21-18(15-19)16-20(24(34)30-8-11-31-9-2-1-3-10-31)22-17-32(12-13-33(21)22)25(35)23-5-4-14-36-23/h4-7,14-15,20,22H,1-3,8-13,16-17H2,(H,30,34)/t20-,22+/m0/s1. The quantitative estimate of drug-likeness (QED) is 0.676. The Labute approximate surface area is 208 Å². The number of halogens is 3. The van der Waals surface area contributed by atoms with Crippen LogP contribution in [0.25, 0.3) is 0 Å². The summed E-state index contributed by atoms with van der Waals surface area (Å²) in [6.07, 6.45) is 0.730. The zero-order valence-electron chi connectivity index (χ0n) is 20.1. The second kappa shape index (κ2) is 10.2. The van der Waals surface area contributed by atoms with Gasteiger partial charge in [0.25, 0.3) is 5.91 Å². The molecule has 2 atom stereocenters. The molecule has 4 heterocycles. The minimum Gasteiger partial charge on any atom is -0.459 e. The number of likely N-dealkylation sites (tertiary alicyclic amines) is 1. The van der Waals surface area contributed by atoms with E-state index in [-0.39, 0.29) is 30.0 Å². The summed E-state index contributed by atoms with van der Waals surface area (Å²) in [5.41, 5.74) is 0.508. The van der Waals surface area contributed by atoms with Crippen LogP contribution >= 0.6 is 0 Å². The van der Waals surface area contributed by atoms with E-state index in [0.717, 1.165) is 38.5 Å². The van der Waals surface area contributed by atoms with E-state index in [1.54, 1.807) is 17.0 Å². The van der Waals surface area contributed by atoms with Crippen LogP contribution < -0.4 is 10.2 Å². The predicted octanol–water partition coefficient (Wildman–Crippen LogP) is 3.40. The van der Waals surface area contributed by atoms with Crippen LogP contribution in [-0.2, 0) is 17.4 Å². The van der Waals surface area contributed by atoms with Gasteiger partial charge in [0.05, 0.1) is 23.8 Å². The molecule has 3 aliphatic heterocycles. The molecule has 2 amide bonds. The predicted molar refractivity (Wildman–Crippen MR) is 128 cm³/mol. The molecule has 0 saturated carbocycles. The fourth-order valence-corrected chi connectivity index (χ4v) is 5.69. The zero-order valence-corrected chi connectivity index (χ0v) is 20.1. The lowest BCUT2D eigenvalue weighted by atomic mass is 9.82. The first-order valence-corrected chi connectivity index (χ1v) is 12.6. The summed E-state index contributed by atoms with van der Waals surface area (Å²) in [7, 11) is 0. The highest BCUT2D eigenvalue weighted by atomic mass is 19.4. The number of fused-ring (bicyclic) bond motifs is 3. The number of nitrogens with zero attached hydrogens (tertiary/aromatic N) is 3. The highest BCUT2D eigenvalue weighted by Gasteiger charge is 2.43. The van der Waals surface area contributed by atoms with Crippen LogP contribution in [0.3, 0.4) is 0 Å². The average molecular weight is 505 g/mol.